The summed E-state index contributed by atoms with van der Waals surface area (Å²) in [6.07, 6.45) is 0. The molecule has 0 spiro atoms. The minimum Gasteiger partial charge on any atom is -0.496 e. The highest BCUT2D eigenvalue weighted by Crippen LogP contribution is 2.31. The molecule has 1 aromatic rings. The maximum Gasteiger partial charge on any atom is 0.339 e. The van der Waals surface area contributed by atoms with Gasteiger partial charge in [0.15, 0.2) is 0 Å². The van der Waals surface area contributed by atoms with E-state index in [1.54, 1.807) is 12.1 Å². The van der Waals surface area contributed by atoms with Crippen LogP contribution in [0.25, 0.3) is 0 Å². The summed E-state index contributed by atoms with van der Waals surface area (Å²) in [7, 11) is 1.42. The van der Waals surface area contributed by atoms with Crippen LogP contribution in [0.3, 0.4) is 0 Å². The summed E-state index contributed by atoms with van der Waals surface area (Å²) in [4.78, 5) is 11.7. The average Bonchev–Trinajstić information content (AvgIpc) is 2.20. The Morgan fingerprint density at radius 1 is 1.60 bits per heavy atom. The van der Waals surface area contributed by atoms with Crippen molar-refractivity contribution in [3.8, 4) is 5.75 Å². The van der Waals surface area contributed by atoms with Crippen LogP contribution in [-0.4, -0.2) is 23.9 Å². The van der Waals surface area contributed by atoms with Gasteiger partial charge >= 0.3 is 5.97 Å². The summed E-state index contributed by atoms with van der Waals surface area (Å²) < 4.78 is 4.95. The van der Waals surface area contributed by atoms with Crippen molar-refractivity contribution in [3.05, 3.63) is 17.7 Å². The van der Waals surface area contributed by atoms with E-state index in [9.17, 15) is 4.79 Å². The van der Waals surface area contributed by atoms with Crippen LogP contribution in [0.15, 0.2) is 17.0 Å². The molecule has 82 valence electrons. The molecule has 0 aliphatic rings. The van der Waals surface area contributed by atoms with Crippen molar-refractivity contribution in [3.63, 3.8) is 0 Å². The zero-order valence-corrected chi connectivity index (χ0v) is 9.43. The van der Waals surface area contributed by atoms with Crippen molar-refractivity contribution in [2.45, 2.75) is 11.8 Å². The van der Waals surface area contributed by atoms with Crippen LogP contribution in [0.5, 0.6) is 5.75 Å². The smallest absolute Gasteiger partial charge is 0.339 e. The lowest BCUT2D eigenvalue weighted by atomic mass is 10.2. The molecule has 0 fully saturated rings. The fourth-order valence-corrected chi connectivity index (χ4v) is 1.93. The molecule has 1 aromatic carbocycles. The molecule has 15 heavy (non-hydrogen) atoms. The predicted octanol–water partition coefficient (Wildman–Crippen LogP) is 2.09. The van der Waals surface area contributed by atoms with Gasteiger partial charge in [0.05, 0.1) is 7.11 Å². The molecular formula is C10H13NO3S. The van der Waals surface area contributed by atoms with Gasteiger partial charge in [-0.25, -0.2) is 4.79 Å². The summed E-state index contributed by atoms with van der Waals surface area (Å²) in [6, 6.07) is 3.09. The number of carboxylic acids is 1. The predicted molar refractivity (Wildman–Crippen MR) is 60.8 cm³/mol. The van der Waals surface area contributed by atoms with Crippen molar-refractivity contribution in [2.75, 3.05) is 18.6 Å². The first-order valence-electron chi connectivity index (χ1n) is 4.43. The van der Waals surface area contributed by atoms with Gasteiger partial charge in [-0.15, -0.1) is 11.8 Å². The van der Waals surface area contributed by atoms with Crippen LogP contribution in [0.2, 0.25) is 0 Å². The highest BCUT2D eigenvalue weighted by atomic mass is 32.2. The van der Waals surface area contributed by atoms with Gasteiger partial charge in [0.25, 0.3) is 0 Å². The van der Waals surface area contributed by atoms with Crippen molar-refractivity contribution >= 4 is 23.4 Å². The molecule has 0 aliphatic carbocycles. The molecule has 0 saturated carbocycles. The van der Waals surface area contributed by atoms with Crippen LogP contribution < -0.4 is 10.5 Å². The number of thioether (sulfide) groups is 1. The zero-order chi connectivity index (χ0) is 11.4. The molecule has 0 aliphatic heterocycles. The summed E-state index contributed by atoms with van der Waals surface area (Å²) in [5, 5.41) is 8.95. The Kier molecular flexibility index (Phi) is 3.85. The lowest BCUT2D eigenvalue weighted by Crippen LogP contribution is -2.02. The molecule has 4 nitrogen and oxygen atoms in total. The number of rotatable bonds is 4. The number of aromatic carboxylic acids is 1. The van der Waals surface area contributed by atoms with Gasteiger partial charge in [-0.2, -0.15) is 0 Å². The van der Waals surface area contributed by atoms with E-state index >= 15 is 0 Å². The largest absolute Gasteiger partial charge is 0.496 e. The summed E-state index contributed by atoms with van der Waals surface area (Å²) in [5.74, 6) is 0.125. The zero-order valence-electron chi connectivity index (χ0n) is 8.61. The van der Waals surface area contributed by atoms with Gasteiger partial charge < -0.3 is 15.6 Å². The summed E-state index contributed by atoms with van der Waals surface area (Å²) in [6.45, 7) is 1.98. The first-order chi connectivity index (χ1) is 7.10. The molecule has 0 unspecified atom stereocenters. The van der Waals surface area contributed by atoms with E-state index in [-0.39, 0.29) is 5.56 Å². The van der Waals surface area contributed by atoms with Gasteiger partial charge in [0.1, 0.15) is 11.3 Å². The number of hydrogen-bond acceptors (Lipinski definition) is 4. The maximum atomic E-state index is 10.9. The van der Waals surface area contributed by atoms with E-state index in [1.807, 2.05) is 6.92 Å². The minimum atomic E-state index is -1.01. The number of anilines is 1. The van der Waals surface area contributed by atoms with Gasteiger partial charge in [0.2, 0.25) is 0 Å². The number of carbonyl (C=O) groups is 1. The quantitative estimate of drug-likeness (QED) is 0.608. The van der Waals surface area contributed by atoms with E-state index in [4.69, 9.17) is 15.6 Å². The van der Waals surface area contributed by atoms with Gasteiger partial charge in [-0.1, -0.05) is 6.92 Å². The Morgan fingerprint density at radius 2 is 2.27 bits per heavy atom. The number of nitrogen functional groups attached to an aromatic ring is 1. The lowest BCUT2D eigenvalue weighted by Gasteiger charge is -2.09. The van der Waals surface area contributed by atoms with E-state index in [2.05, 4.69) is 0 Å². The number of ether oxygens (including phenoxy) is 1. The SMILES string of the molecule is CCSc1cc(C(=O)O)c(OC)cc1N. The van der Waals surface area contributed by atoms with Gasteiger partial charge in [-0.05, 0) is 11.8 Å². The molecule has 0 heterocycles. The highest BCUT2D eigenvalue weighted by molar-refractivity contribution is 7.99. The molecule has 0 bridgehead atoms. The summed E-state index contributed by atoms with van der Waals surface area (Å²) >= 11 is 1.51. The molecule has 0 saturated heterocycles. The molecular weight excluding hydrogens is 214 g/mol. The second kappa shape index (κ2) is 4.93. The first-order valence-corrected chi connectivity index (χ1v) is 5.42. The van der Waals surface area contributed by atoms with Crippen molar-refractivity contribution < 1.29 is 14.6 Å². The number of nitrogens with two attached hydrogens (primary N) is 1. The topological polar surface area (TPSA) is 72.5 Å². The normalized spacial score (nSPS) is 10.0. The molecule has 0 aromatic heterocycles. The van der Waals surface area contributed by atoms with E-state index < -0.39 is 5.97 Å². The number of methoxy groups -OCH3 is 1. The third-order valence-electron chi connectivity index (χ3n) is 1.86. The van der Waals surface area contributed by atoms with E-state index in [1.165, 1.54) is 18.9 Å². The monoisotopic (exact) mass is 227 g/mol. The molecule has 0 amide bonds. The highest BCUT2D eigenvalue weighted by Gasteiger charge is 2.14. The molecule has 0 atom stereocenters. The lowest BCUT2D eigenvalue weighted by molar-refractivity contribution is 0.0693. The van der Waals surface area contributed by atoms with E-state index in [0.29, 0.717) is 11.4 Å². The fraction of sp³-hybridized carbons (Fsp3) is 0.300. The number of carboxylic acid groups (broad SMARTS) is 1. The third kappa shape index (κ3) is 2.56. The fourth-order valence-electron chi connectivity index (χ4n) is 1.19. The molecule has 1 rings (SSSR count). The first kappa shape index (κ1) is 11.7. The van der Waals surface area contributed by atoms with Crippen LogP contribution in [0.1, 0.15) is 17.3 Å². The van der Waals surface area contributed by atoms with Crippen LogP contribution in [0.4, 0.5) is 5.69 Å². The Balaban J connectivity index is 3.23. The number of hydrogen-bond donors (Lipinski definition) is 2. The second-order valence-electron chi connectivity index (χ2n) is 2.83. The molecule has 5 heteroatoms. The van der Waals surface area contributed by atoms with Crippen molar-refractivity contribution in [1.82, 2.24) is 0 Å². The third-order valence-corrected chi connectivity index (χ3v) is 2.82. The Morgan fingerprint density at radius 3 is 2.73 bits per heavy atom. The van der Waals surface area contributed by atoms with Crippen LogP contribution in [-0.2, 0) is 0 Å². The Hall–Kier alpha value is -1.36. The van der Waals surface area contributed by atoms with Crippen molar-refractivity contribution in [1.29, 1.82) is 0 Å². The Labute approximate surface area is 92.4 Å². The Bertz CT molecular complexity index is 379. The van der Waals surface area contributed by atoms with Gasteiger partial charge in [-0.3, -0.25) is 0 Å². The van der Waals surface area contributed by atoms with Crippen LogP contribution in [0, 0.1) is 0 Å². The molecule has 0 radical (unpaired) electrons. The second-order valence-corrected chi connectivity index (χ2v) is 4.13. The minimum absolute atomic E-state index is 0.141. The maximum absolute atomic E-state index is 10.9. The number of benzene rings is 1. The molecule has 3 N–H and O–H groups in total. The van der Waals surface area contributed by atoms with Crippen molar-refractivity contribution in [2.24, 2.45) is 0 Å². The van der Waals surface area contributed by atoms with Gasteiger partial charge in [0, 0.05) is 16.6 Å². The summed E-state index contributed by atoms with van der Waals surface area (Å²) in [5.41, 5.74) is 6.44. The standard InChI is InChI=1S/C10H13NO3S/c1-3-15-9-4-6(10(12)13)8(14-2)5-7(9)11/h4-5H,3,11H2,1-2H3,(H,12,13). The van der Waals surface area contributed by atoms with E-state index in [0.717, 1.165) is 10.6 Å². The average molecular weight is 227 g/mol. The van der Waals surface area contributed by atoms with Crippen LogP contribution >= 0.6 is 11.8 Å².